The molecule has 13 nitrogen and oxygen atoms in total. The van der Waals surface area contributed by atoms with Gasteiger partial charge in [-0.15, -0.1) is 0 Å². The van der Waals surface area contributed by atoms with Crippen molar-refractivity contribution in [3.05, 3.63) is 35.9 Å². The molecule has 45 heavy (non-hydrogen) atoms. The Bertz CT molecular complexity index is 995. The van der Waals surface area contributed by atoms with E-state index in [1.54, 1.807) is 11.8 Å². The standard InChI is InChI=1S/C32H51N3O10/c1-4-30(37)45-25-28-21-35(13-12-34(28)22-32(39)43-23-26(2)3)29(36)10-14-40-16-18-42-19-17-41-15-11-33-20-31(38)44-24-27-8-6-5-7-9-27/h5-9,26,28,33H,4,10-25H2,1-3H3. The first-order valence-corrected chi connectivity index (χ1v) is 15.7. The van der Waals surface area contributed by atoms with Crippen molar-refractivity contribution in [1.82, 2.24) is 15.1 Å². The number of amides is 1. The molecule has 0 aromatic heterocycles. The number of carbonyl (C=O) groups is 4. The van der Waals surface area contributed by atoms with Gasteiger partial charge in [0.15, 0.2) is 0 Å². The van der Waals surface area contributed by atoms with Crippen molar-refractivity contribution >= 4 is 23.8 Å². The van der Waals surface area contributed by atoms with Crippen molar-refractivity contribution in [3.63, 3.8) is 0 Å². The van der Waals surface area contributed by atoms with E-state index in [1.807, 2.05) is 49.1 Å². The van der Waals surface area contributed by atoms with Crippen LogP contribution in [0.25, 0.3) is 0 Å². The normalized spacial score (nSPS) is 15.2. The minimum absolute atomic E-state index is 0.0590. The Kier molecular flexibility index (Phi) is 19.7. The Morgan fingerprint density at radius 3 is 2.22 bits per heavy atom. The van der Waals surface area contributed by atoms with Crippen LogP contribution >= 0.6 is 0 Å². The summed E-state index contributed by atoms with van der Waals surface area (Å²) in [5, 5.41) is 2.98. The molecule has 0 saturated carbocycles. The first-order chi connectivity index (χ1) is 21.8. The number of nitrogens with one attached hydrogen (secondary N) is 1. The summed E-state index contributed by atoms with van der Waals surface area (Å²) < 4.78 is 32.4. The van der Waals surface area contributed by atoms with Gasteiger partial charge in [0.05, 0.1) is 71.8 Å². The van der Waals surface area contributed by atoms with E-state index >= 15 is 0 Å². The smallest absolute Gasteiger partial charge is 0.320 e. The van der Waals surface area contributed by atoms with Gasteiger partial charge in [0.2, 0.25) is 5.91 Å². The molecule has 1 unspecified atom stereocenters. The third kappa shape index (κ3) is 17.8. The molecule has 1 N–H and O–H groups in total. The van der Waals surface area contributed by atoms with E-state index in [0.717, 1.165) is 5.56 Å². The zero-order chi connectivity index (χ0) is 32.7. The Hall–Kier alpha value is -3.10. The summed E-state index contributed by atoms with van der Waals surface area (Å²) in [7, 11) is 0. The zero-order valence-electron chi connectivity index (χ0n) is 27.0. The highest BCUT2D eigenvalue weighted by atomic mass is 16.6. The van der Waals surface area contributed by atoms with Gasteiger partial charge < -0.3 is 38.6 Å². The van der Waals surface area contributed by atoms with E-state index < -0.39 is 0 Å². The number of ether oxygens (including phenoxy) is 6. The topological polar surface area (TPSA) is 142 Å². The van der Waals surface area contributed by atoms with Crippen LogP contribution in [0.4, 0.5) is 0 Å². The van der Waals surface area contributed by atoms with Gasteiger partial charge in [0.25, 0.3) is 0 Å². The maximum Gasteiger partial charge on any atom is 0.320 e. The first kappa shape index (κ1) is 38.1. The lowest BCUT2D eigenvalue weighted by Crippen LogP contribution is -2.57. The van der Waals surface area contributed by atoms with Crippen LogP contribution in [-0.2, 0) is 54.2 Å². The predicted octanol–water partition coefficient (Wildman–Crippen LogP) is 1.42. The van der Waals surface area contributed by atoms with Crippen molar-refractivity contribution in [3.8, 4) is 0 Å². The van der Waals surface area contributed by atoms with Crippen LogP contribution in [0.15, 0.2) is 30.3 Å². The van der Waals surface area contributed by atoms with Crippen molar-refractivity contribution in [1.29, 1.82) is 0 Å². The lowest BCUT2D eigenvalue weighted by Gasteiger charge is -2.40. The van der Waals surface area contributed by atoms with Gasteiger partial charge in [-0.3, -0.25) is 24.1 Å². The molecule has 2 rings (SSSR count). The third-order valence-electron chi connectivity index (χ3n) is 6.73. The number of hydrogen-bond acceptors (Lipinski definition) is 12. The third-order valence-corrected chi connectivity index (χ3v) is 6.73. The maximum absolute atomic E-state index is 12.8. The SMILES string of the molecule is CCC(=O)OCC1CN(C(=O)CCOCCOCCOCCNCC(=O)OCc2ccccc2)CCN1CC(=O)OCC(C)C. The molecule has 1 amide bonds. The highest BCUT2D eigenvalue weighted by Crippen LogP contribution is 2.13. The number of nitrogens with zero attached hydrogens (tertiary/aromatic N) is 2. The van der Waals surface area contributed by atoms with Crippen LogP contribution in [0, 0.1) is 5.92 Å². The van der Waals surface area contributed by atoms with E-state index in [9.17, 15) is 19.2 Å². The van der Waals surface area contributed by atoms with Crippen LogP contribution in [0.5, 0.6) is 0 Å². The Balaban J connectivity index is 1.49. The summed E-state index contributed by atoms with van der Waals surface area (Å²) in [6.07, 6.45) is 0.473. The Morgan fingerprint density at radius 2 is 1.53 bits per heavy atom. The number of hydrogen-bond donors (Lipinski definition) is 1. The van der Waals surface area contributed by atoms with Gasteiger partial charge in [0.1, 0.15) is 13.2 Å². The molecule has 1 atom stereocenters. The van der Waals surface area contributed by atoms with Gasteiger partial charge >= 0.3 is 17.9 Å². The summed E-state index contributed by atoms with van der Waals surface area (Å²) in [4.78, 5) is 52.2. The second-order valence-electron chi connectivity index (χ2n) is 11.0. The van der Waals surface area contributed by atoms with Gasteiger partial charge in [-0.2, -0.15) is 0 Å². The lowest BCUT2D eigenvalue weighted by atomic mass is 10.1. The van der Waals surface area contributed by atoms with Crippen LogP contribution in [0.3, 0.4) is 0 Å². The van der Waals surface area contributed by atoms with Gasteiger partial charge in [-0.1, -0.05) is 51.1 Å². The van der Waals surface area contributed by atoms with E-state index in [0.29, 0.717) is 65.8 Å². The number of esters is 3. The quantitative estimate of drug-likeness (QED) is 0.105. The summed E-state index contributed by atoms with van der Waals surface area (Å²) >= 11 is 0. The fourth-order valence-corrected chi connectivity index (χ4v) is 4.23. The van der Waals surface area contributed by atoms with E-state index in [2.05, 4.69) is 5.32 Å². The van der Waals surface area contributed by atoms with Crippen molar-refractivity contribution < 1.29 is 47.6 Å². The molecule has 1 heterocycles. The first-order valence-electron chi connectivity index (χ1n) is 15.7. The second kappa shape index (κ2) is 23.3. The lowest BCUT2D eigenvalue weighted by molar-refractivity contribution is -0.151. The Morgan fingerprint density at radius 1 is 0.844 bits per heavy atom. The maximum atomic E-state index is 12.8. The molecule has 1 aliphatic heterocycles. The molecule has 1 aliphatic rings. The molecule has 1 aromatic carbocycles. The minimum atomic E-state index is -0.330. The van der Waals surface area contributed by atoms with Gasteiger partial charge in [-0.25, -0.2) is 0 Å². The molecule has 0 bridgehead atoms. The minimum Gasteiger partial charge on any atom is -0.464 e. The molecule has 1 aromatic rings. The molecule has 13 heteroatoms. The largest absolute Gasteiger partial charge is 0.464 e. The van der Waals surface area contributed by atoms with E-state index in [1.165, 1.54) is 0 Å². The fraction of sp³-hybridized carbons (Fsp3) is 0.688. The molecule has 1 saturated heterocycles. The van der Waals surface area contributed by atoms with E-state index in [-0.39, 0.29) is 81.5 Å². The second-order valence-corrected chi connectivity index (χ2v) is 11.0. The highest BCUT2D eigenvalue weighted by Gasteiger charge is 2.31. The molecule has 1 fully saturated rings. The summed E-state index contributed by atoms with van der Waals surface area (Å²) in [5.74, 6) is -0.794. The predicted molar refractivity (Wildman–Crippen MR) is 165 cm³/mol. The van der Waals surface area contributed by atoms with Crippen LogP contribution < -0.4 is 5.32 Å². The average molecular weight is 638 g/mol. The molecular weight excluding hydrogens is 586 g/mol. The van der Waals surface area contributed by atoms with Gasteiger partial charge in [-0.05, 0) is 11.5 Å². The van der Waals surface area contributed by atoms with Crippen molar-refractivity contribution in [2.24, 2.45) is 5.92 Å². The summed E-state index contributed by atoms with van der Waals surface area (Å²) in [6.45, 7) is 10.6. The van der Waals surface area contributed by atoms with Crippen LogP contribution in [0.1, 0.15) is 39.2 Å². The molecule has 254 valence electrons. The molecular formula is C32H51N3O10. The highest BCUT2D eigenvalue weighted by molar-refractivity contribution is 5.76. The summed E-state index contributed by atoms with van der Waals surface area (Å²) in [6, 6.07) is 9.22. The molecule has 0 spiro atoms. The number of rotatable bonds is 23. The fourth-order valence-electron chi connectivity index (χ4n) is 4.23. The molecule has 0 aliphatic carbocycles. The number of benzene rings is 1. The van der Waals surface area contributed by atoms with Gasteiger partial charge in [0, 0.05) is 32.6 Å². The van der Waals surface area contributed by atoms with E-state index in [4.69, 9.17) is 28.4 Å². The number of carbonyl (C=O) groups excluding carboxylic acids is 4. The van der Waals surface area contributed by atoms with Crippen molar-refractivity contribution in [2.45, 2.75) is 46.3 Å². The monoisotopic (exact) mass is 637 g/mol. The van der Waals surface area contributed by atoms with Crippen LogP contribution in [0.2, 0.25) is 0 Å². The summed E-state index contributed by atoms with van der Waals surface area (Å²) in [5.41, 5.74) is 0.944. The number of piperazine rings is 1. The zero-order valence-corrected chi connectivity index (χ0v) is 27.0. The van der Waals surface area contributed by atoms with Crippen LogP contribution in [-0.4, -0.2) is 132 Å². The Labute approximate surface area is 266 Å². The molecule has 0 radical (unpaired) electrons. The van der Waals surface area contributed by atoms with Crippen molar-refractivity contribution in [2.75, 3.05) is 92.1 Å². The average Bonchev–Trinajstić information content (AvgIpc) is 3.04.